The van der Waals surface area contributed by atoms with Crippen molar-refractivity contribution in [1.82, 2.24) is 0 Å². The molecule has 0 rings (SSSR count). The topological polar surface area (TPSA) is 26.0 Å². The van der Waals surface area contributed by atoms with E-state index in [1.165, 1.54) is 38.5 Å². The molecule has 2 N–H and O–H groups in total. The molecule has 0 aliphatic rings. The highest BCUT2D eigenvalue weighted by atomic mass is 14.7. The van der Waals surface area contributed by atoms with E-state index in [1.807, 2.05) is 0 Å². The second kappa shape index (κ2) is 5.75. The average molecular weight is 199 g/mol. The Kier molecular flexibility index (Phi) is 5.73. The lowest BCUT2D eigenvalue weighted by Crippen LogP contribution is -2.47. The van der Waals surface area contributed by atoms with Crippen molar-refractivity contribution >= 4 is 0 Å². The second-order valence-electron chi connectivity index (χ2n) is 5.77. The molecule has 0 radical (unpaired) electrons. The van der Waals surface area contributed by atoms with Gasteiger partial charge in [0.15, 0.2) is 0 Å². The van der Waals surface area contributed by atoms with Crippen LogP contribution in [-0.2, 0) is 0 Å². The smallest absolute Gasteiger partial charge is 0.0148 e. The molecule has 0 fully saturated rings. The number of hydrogen-bond donors (Lipinski definition) is 1. The van der Waals surface area contributed by atoms with E-state index >= 15 is 0 Å². The third-order valence-electron chi connectivity index (χ3n) is 3.65. The molecule has 0 bridgehead atoms. The molecule has 0 unspecified atom stereocenters. The lowest BCUT2D eigenvalue weighted by Gasteiger charge is -2.38. The van der Waals surface area contributed by atoms with Gasteiger partial charge in [-0.05, 0) is 25.7 Å². The van der Waals surface area contributed by atoms with Gasteiger partial charge >= 0.3 is 0 Å². The molecule has 0 amide bonds. The van der Waals surface area contributed by atoms with Gasteiger partial charge in [-0.25, -0.2) is 0 Å². The Hall–Kier alpha value is -0.0400. The lowest BCUT2D eigenvalue weighted by molar-refractivity contribution is 0.180. The van der Waals surface area contributed by atoms with E-state index in [4.69, 9.17) is 5.73 Å². The van der Waals surface area contributed by atoms with Crippen LogP contribution >= 0.6 is 0 Å². The molecule has 0 atom stereocenters. The lowest BCUT2D eigenvalue weighted by atomic mass is 9.72. The maximum Gasteiger partial charge on any atom is 0.0148 e. The van der Waals surface area contributed by atoms with Crippen LogP contribution in [0.4, 0.5) is 0 Å². The van der Waals surface area contributed by atoms with Crippen LogP contribution < -0.4 is 5.73 Å². The van der Waals surface area contributed by atoms with Crippen LogP contribution in [0.5, 0.6) is 0 Å². The minimum Gasteiger partial charge on any atom is -0.325 e. The first-order valence-electron chi connectivity index (χ1n) is 6.10. The van der Waals surface area contributed by atoms with Crippen LogP contribution in [0, 0.1) is 5.41 Å². The van der Waals surface area contributed by atoms with Gasteiger partial charge in [-0.2, -0.15) is 0 Å². The van der Waals surface area contributed by atoms with Gasteiger partial charge in [0.05, 0.1) is 0 Å². The van der Waals surface area contributed by atoms with Crippen LogP contribution in [-0.4, -0.2) is 5.54 Å². The van der Waals surface area contributed by atoms with E-state index in [9.17, 15) is 0 Å². The molecule has 0 heterocycles. The molecule has 0 saturated heterocycles. The Balaban J connectivity index is 3.67. The predicted octanol–water partition coefficient (Wildman–Crippen LogP) is 4.11. The van der Waals surface area contributed by atoms with Crippen molar-refractivity contribution in [2.24, 2.45) is 11.1 Å². The van der Waals surface area contributed by atoms with E-state index in [-0.39, 0.29) is 11.0 Å². The molecule has 0 aliphatic heterocycles. The summed E-state index contributed by atoms with van der Waals surface area (Å²) in [7, 11) is 0. The molecule has 86 valence electrons. The van der Waals surface area contributed by atoms with Gasteiger partial charge < -0.3 is 5.73 Å². The summed E-state index contributed by atoms with van der Waals surface area (Å²) < 4.78 is 0. The van der Waals surface area contributed by atoms with E-state index in [1.54, 1.807) is 0 Å². The summed E-state index contributed by atoms with van der Waals surface area (Å²) >= 11 is 0. The van der Waals surface area contributed by atoms with Crippen LogP contribution in [0.15, 0.2) is 0 Å². The Morgan fingerprint density at radius 2 is 1.36 bits per heavy atom. The third kappa shape index (κ3) is 4.99. The molecule has 0 aromatic carbocycles. The van der Waals surface area contributed by atoms with Gasteiger partial charge in [-0.15, -0.1) is 0 Å². The fraction of sp³-hybridized carbons (Fsp3) is 1.00. The molecule has 0 aromatic rings. The van der Waals surface area contributed by atoms with Crippen LogP contribution in [0.3, 0.4) is 0 Å². The molecular weight excluding hydrogens is 170 g/mol. The summed E-state index contributed by atoms with van der Waals surface area (Å²) in [5.41, 5.74) is 6.36. The van der Waals surface area contributed by atoms with Gasteiger partial charge in [0, 0.05) is 5.54 Å². The zero-order valence-corrected chi connectivity index (χ0v) is 10.8. The standard InChI is InChI=1S/C13H29N/c1-6-7-8-9-10-11-12(2,3)13(4,5)14/h6-11,14H2,1-5H3. The van der Waals surface area contributed by atoms with Crippen molar-refractivity contribution < 1.29 is 0 Å². The molecule has 0 saturated carbocycles. The van der Waals surface area contributed by atoms with E-state index < -0.39 is 0 Å². The van der Waals surface area contributed by atoms with Gasteiger partial charge in [0.1, 0.15) is 0 Å². The highest BCUT2D eigenvalue weighted by Crippen LogP contribution is 2.33. The van der Waals surface area contributed by atoms with Crippen molar-refractivity contribution in [3.05, 3.63) is 0 Å². The number of nitrogens with two attached hydrogens (primary N) is 1. The highest BCUT2D eigenvalue weighted by Gasteiger charge is 2.32. The summed E-state index contributed by atoms with van der Waals surface area (Å²) in [6.45, 7) is 11.1. The Bertz CT molecular complexity index is 142. The first-order chi connectivity index (χ1) is 6.31. The van der Waals surface area contributed by atoms with E-state index in [0.29, 0.717) is 0 Å². The quantitative estimate of drug-likeness (QED) is 0.613. The average Bonchev–Trinajstić information content (AvgIpc) is 2.02. The van der Waals surface area contributed by atoms with Crippen LogP contribution in [0.1, 0.15) is 73.1 Å². The van der Waals surface area contributed by atoms with Crippen molar-refractivity contribution in [1.29, 1.82) is 0 Å². The van der Waals surface area contributed by atoms with Crippen molar-refractivity contribution in [2.75, 3.05) is 0 Å². The number of rotatable bonds is 7. The Labute approximate surface area is 90.5 Å². The third-order valence-corrected chi connectivity index (χ3v) is 3.65. The zero-order chi connectivity index (χ0) is 11.2. The van der Waals surface area contributed by atoms with Gasteiger partial charge in [0.2, 0.25) is 0 Å². The summed E-state index contributed by atoms with van der Waals surface area (Å²) in [5.74, 6) is 0. The maximum atomic E-state index is 6.15. The maximum absolute atomic E-state index is 6.15. The van der Waals surface area contributed by atoms with Gasteiger partial charge in [-0.3, -0.25) is 0 Å². The number of unbranched alkanes of at least 4 members (excludes halogenated alkanes) is 4. The van der Waals surface area contributed by atoms with Crippen molar-refractivity contribution in [3.63, 3.8) is 0 Å². The molecule has 14 heavy (non-hydrogen) atoms. The van der Waals surface area contributed by atoms with Crippen molar-refractivity contribution in [3.8, 4) is 0 Å². The second-order valence-corrected chi connectivity index (χ2v) is 5.77. The molecule has 1 heteroatoms. The predicted molar refractivity (Wildman–Crippen MR) is 65.4 cm³/mol. The zero-order valence-electron chi connectivity index (χ0n) is 10.8. The minimum absolute atomic E-state index is 0.0578. The monoisotopic (exact) mass is 199 g/mol. The summed E-state index contributed by atoms with van der Waals surface area (Å²) in [5, 5.41) is 0. The Morgan fingerprint density at radius 1 is 0.857 bits per heavy atom. The van der Waals surface area contributed by atoms with E-state index in [0.717, 1.165) is 0 Å². The Morgan fingerprint density at radius 3 is 1.79 bits per heavy atom. The van der Waals surface area contributed by atoms with Gasteiger partial charge in [0.25, 0.3) is 0 Å². The fourth-order valence-electron chi connectivity index (χ4n) is 1.49. The summed E-state index contributed by atoms with van der Waals surface area (Å²) in [6.07, 6.45) is 8.04. The molecule has 0 aliphatic carbocycles. The normalized spacial score (nSPS) is 13.3. The first kappa shape index (κ1) is 14.0. The first-order valence-corrected chi connectivity index (χ1v) is 6.10. The summed E-state index contributed by atoms with van der Waals surface area (Å²) in [4.78, 5) is 0. The van der Waals surface area contributed by atoms with Crippen molar-refractivity contribution in [2.45, 2.75) is 78.7 Å². The highest BCUT2D eigenvalue weighted by molar-refractivity contribution is 4.89. The number of hydrogen-bond acceptors (Lipinski definition) is 1. The molecule has 0 spiro atoms. The molecule has 1 nitrogen and oxygen atoms in total. The fourth-order valence-corrected chi connectivity index (χ4v) is 1.49. The van der Waals surface area contributed by atoms with Crippen LogP contribution in [0.2, 0.25) is 0 Å². The van der Waals surface area contributed by atoms with Gasteiger partial charge in [-0.1, -0.05) is 52.9 Å². The summed E-state index contributed by atoms with van der Waals surface area (Å²) in [6, 6.07) is 0. The van der Waals surface area contributed by atoms with Crippen LogP contribution in [0.25, 0.3) is 0 Å². The molecular formula is C13H29N. The van der Waals surface area contributed by atoms with E-state index in [2.05, 4.69) is 34.6 Å². The SMILES string of the molecule is CCCCCCCC(C)(C)C(C)(C)N. The molecule has 0 aromatic heterocycles. The largest absolute Gasteiger partial charge is 0.325 e. The minimum atomic E-state index is -0.0578.